The second-order valence-corrected chi connectivity index (χ2v) is 16.4. The molecule has 12 heteroatoms. The average Bonchev–Trinajstić information content (AvgIpc) is 3.19. The van der Waals surface area contributed by atoms with Gasteiger partial charge < -0.3 is 44.5 Å². The van der Waals surface area contributed by atoms with Crippen LogP contribution in [0.15, 0.2) is 96.7 Å². The lowest BCUT2D eigenvalue weighted by Gasteiger charge is -2.40. The number of ketones is 1. The van der Waals surface area contributed by atoms with Crippen molar-refractivity contribution in [2.75, 3.05) is 0 Å². The number of hydrogen-bond donors (Lipinski definition) is 5. The van der Waals surface area contributed by atoms with Crippen molar-refractivity contribution in [2.45, 2.75) is 159 Å². The van der Waals surface area contributed by atoms with E-state index in [4.69, 9.17) is 24.1 Å². The van der Waals surface area contributed by atoms with E-state index in [1.54, 1.807) is 30.4 Å². The SMILES string of the molecule is C/C(=C\[C@H](C)CCCCC(=O)O)[C@@H]1O[C@@H]2C=C[C@@H]1OC(=O)/C=C/C=C\C=C\C(=O)[C@H]1C[C@@H](O)[C@@H](C)[C@H](/C=C/C[C@H]3O[C@H](C[C@H](O)[C@H]3C)[C@@H](O)[C@@H](O)/C=C/CC/C=C/C2)O1. The molecule has 5 heterocycles. The van der Waals surface area contributed by atoms with Crippen LogP contribution in [0, 0.1) is 17.8 Å². The number of unbranched alkanes of at least 4 members (excludes halogenated alkanes) is 1. The standard InChI is InChI=1S/C47H66O12/c1-30(17-14-15-23-44(52)53)27-31(2)47-41-26-25-34(56-47)18-10-6-5-7-12-20-36(49)46(55)43-29-38(51)33(4)40(58-43)22-16-21-39-32(3)37(50)28-42(57-39)35(48)19-11-8-9-13-24-45(54)59-41/h6,8-13,16,19-21,24-27,30,32-34,36-43,46-47,49-51,55H,5,7,14-15,17-18,22-23,28-29H2,1-4H3,(H,52,53)/b9-8-,10-6+,19-11+,20-12+,21-16+,24-13+,31-27+/t30-,32-,33-,34+,36+,37-,38+,39+,40-,41+,42-,43-,46+,47+/m1/s1. The van der Waals surface area contributed by atoms with Gasteiger partial charge in [0.15, 0.2) is 11.9 Å². The molecule has 5 aliphatic heterocycles. The molecule has 326 valence electrons. The van der Waals surface area contributed by atoms with Crippen LogP contribution in [0.2, 0.25) is 0 Å². The van der Waals surface area contributed by atoms with Crippen molar-refractivity contribution in [1.82, 2.24) is 0 Å². The average molecular weight is 823 g/mol. The third kappa shape index (κ3) is 15.7. The Morgan fingerprint density at radius 3 is 2.27 bits per heavy atom. The number of aliphatic hydroxyl groups excluding tert-OH is 4. The van der Waals surface area contributed by atoms with Gasteiger partial charge in [-0.25, -0.2) is 4.79 Å². The Morgan fingerprint density at radius 2 is 1.51 bits per heavy atom. The molecule has 0 aromatic carbocycles. The van der Waals surface area contributed by atoms with Crippen LogP contribution < -0.4 is 0 Å². The molecule has 59 heavy (non-hydrogen) atoms. The smallest absolute Gasteiger partial charge is 0.331 e. The molecule has 0 unspecified atom stereocenters. The van der Waals surface area contributed by atoms with Crippen LogP contribution in [0.3, 0.4) is 0 Å². The molecule has 12 nitrogen and oxygen atoms in total. The Kier molecular flexibility index (Phi) is 19.9. The van der Waals surface area contributed by atoms with Crippen LogP contribution in [0.25, 0.3) is 0 Å². The second kappa shape index (κ2) is 24.5. The van der Waals surface area contributed by atoms with E-state index in [1.807, 2.05) is 57.2 Å². The van der Waals surface area contributed by atoms with Crippen molar-refractivity contribution in [1.29, 1.82) is 0 Å². The maximum atomic E-state index is 13.1. The molecule has 0 aliphatic carbocycles. The van der Waals surface area contributed by atoms with E-state index >= 15 is 0 Å². The summed E-state index contributed by atoms with van der Waals surface area (Å²) in [6.45, 7) is 7.75. The highest BCUT2D eigenvalue weighted by Crippen LogP contribution is 2.32. The first kappa shape index (κ1) is 47.9. The molecular weight excluding hydrogens is 757 g/mol. The first-order valence-electron chi connectivity index (χ1n) is 21.2. The van der Waals surface area contributed by atoms with Crippen LogP contribution in [0.1, 0.15) is 91.9 Å². The van der Waals surface area contributed by atoms with Gasteiger partial charge in [-0.1, -0.05) is 100 Å². The predicted molar refractivity (Wildman–Crippen MR) is 224 cm³/mol. The molecule has 0 aromatic rings. The number of carbonyl (C=O) groups is 3. The molecule has 0 aromatic heterocycles. The van der Waals surface area contributed by atoms with Crippen molar-refractivity contribution in [3.8, 4) is 0 Å². The number of aliphatic hydroxyl groups is 4. The fourth-order valence-corrected chi connectivity index (χ4v) is 7.79. The third-order valence-electron chi connectivity index (χ3n) is 11.5. The van der Waals surface area contributed by atoms with Crippen LogP contribution in [0.4, 0.5) is 0 Å². The highest BCUT2D eigenvalue weighted by molar-refractivity contribution is 5.94. The quantitative estimate of drug-likeness (QED) is 0.115. The number of hydrogen-bond acceptors (Lipinski definition) is 11. The van der Waals surface area contributed by atoms with Gasteiger partial charge in [0.2, 0.25) is 0 Å². The molecule has 0 spiro atoms. The van der Waals surface area contributed by atoms with Crippen LogP contribution >= 0.6 is 0 Å². The summed E-state index contributed by atoms with van der Waals surface area (Å²) < 4.78 is 24.7. The van der Waals surface area contributed by atoms with Crippen molar-refractivity contribution in [3.63, 3.8) is 0 Å². The predicted octanol–water partition coefficient (Wildman–Crippen LogP) is 5.96. The zero-order valence-corrected chi connectivity index (χ0v) is 34.9. The lowest BCUT2D eigenvalue weighted by molar-refractivity contribution is -0.175. The molecule has 0 amide bonds. The molecule has 0 saturated carbocycles. The minimum Gasteiger partial charge on any atom is -0.481 e. The van der Waals surface area contributed by atoms with Crippen LogP contribution in [-0.4, -0.2) is 110 Å². The number of ether oxygens (including phenoxy) is 4. The first-order valence-corrected chi connectivity index (χ1v) is 21.2. The van der Waals surface area contributed by atoms with Crippen LogP contribution in [-0.2, 0) is 33.3 Å². The van der Waals surface area contributed by atoms with Gasteiger partial charge in [0.1, 0.15) is 24.4 Å². The molecule has 6 bridgehead atoms. The van der Waals surface area contributed by atoms with Crippen molar-refractivity contribution >= 4 is 17.7 Å². The summed E-state index contributed by atoms with van der Waals surface area (Å²) in [5, 5.41) is 52.4. The molecule has 5 aliphatic rings. The molecule has 5 rings (SSSR count). The fraction of sp³-hybridized carbons (Fsp3) is 0.596. The summed E-state index contributed by atoms with van der Waals surface area (Å²) >= 11 is 0. The van der Waals surface area contributed by atoms with Crippen molar-refractivity contribution < 1.29 is 58.9 Å². The van der Waals surface area contributed by atoms with E-state index in [0.717, 1.165) is 18.4 Å². The van der Waals surface area contributed by atoms with Crippen LogP contribution in [0.5, 0.6) is 0 Å². The highest BCUT2D eigenvalue weighted by Gasteiger charge is 2.40. The Morgan fingerprint density at radius 1 is 0.780 bits per heavy atom. The zero-order chi connectivity index (χ0) is 42.9. The number of allylic oxidation sites excluding steroid dienone is 7. The number of carbonyl (C=O) groups excluding carboxylic acids is 2. The van der Waals surface area contributed by atoms with Gasteiger partial charge in [-0.3, -0.25) is 9.59 Å². The highest BCUT2D eigenvalue weighted by atomic mass is 16.6. The molecular formula is C47H66O12. The number of esters is 1. The number of carboxylic acid groups (broad SMARTS) is 1. The summed E-state index contributed by atoms with van der Waals surface area (Å²) in [5.41, 5.74) is 0.905. The minimum atomic E-state index is -1.24. The monoisotopic (exact) mass is 822 g/mol. The van der Waals surface area contributed by atoms with E-state index in [0.29, 0.717) is 32.1 Å². The van der Waals surface area contributed by atoms with Gasteiger partial charge in [0.05, 0.1) is 36.6 Å². The van der Waals surface area contributed by atoms with Crippen molar-refractivity contribution in [3.05, 3.63) is 96.7 Å². The molecule has 2 fully saturated rings. The van der Waals surface area contributed by atoms with E-state index in [9.17, 15) is 34.8 Å². The second-order valence-electron chi connectivity index (χ2n) is 16.4. The number of fused-ring (bicyclic) bond motifs is 13. The summed E-state index contributed by atoms with van der Waals surface area (Å²) in [4.78, 5) is 36.9. The van der Waals surface area contributed by atoms with E-state index in [2.05, 4.69) is 13.0 Å². The largest absolute Gasteiger partial charge is 0.481 e. The minimum absolute atomic E-state index is 0.136. The van der Waals surface area contributed by atoms with Crippen molar-refractivity contribution in [2.24, 2.45) is 17.8 Å². The zero-order valence-electron chi connectivity index (χ0n) is 34.9. The summed E-state index contributed by atoms with van der Waals surface area (Å²) in [6.07, 6.45) is 22.7. The topological polar surface area (TPSA) is 189 Å². The van der Waals surface area contributed by atoms with Gasteiger partial charge in [-0.05, 0) is 69.1 Å². The Hall–Kier alpha value is -3.75. The summed E-state index contributed by atoms with van der Waals surface area (Å²) in [6, 6.07) is 0. The molecule has 0 radical (unpaired) electrons. The molecule has 14 atom stereocenters. The van der Waals surface area contributed by atoms with Gasteiger partial charge in [0.25, 0.3) is 0 Å². The first-order chi connectivity index (χ1) is 28.2. The number of rotatable bonds is 7. The Bertz CT molecular complexity index is 1600. The normalized spacial score (nSPS) is 39.5. The Labute approximate surface area is 349 Å². The lowest BCUT2D eigenvalue weighted by Crippen LogP contribution is -2.50. The number of carboxylic acids is 1. The molecule has 5 N–H and O–H groups in total. The third-order valence-corrected chi connectivity index (χ3v) is 11.5. The number of aliphatic carboxylic acids is 1. The maximum Gasteiger partial charge on any atom is 0.331 e. The maximum absolute atomic E-state index is 13.1. The van der Waals surface area contributed by atoms with E-state index < -0.39 is 73.0 Å². The summed E-state index contributed by atoms with van der Waals surface area (Å²) in [7, 11) is 0. The van der Waals surface area contributed by atoms with Gasteiger partial charge in [-0.15, -0.1) is 0 Å². The molecule has 2 saturated heterocycles. The summed E-state index contributed by atoms with van der Waals surface area (Å²) in [5.74, 6) is -2.03. The fourth-order valence-electron chi connectivity index (χ4n) is 7.79. The van der Waals surface area contributed by atoms with Gasteiger partial charge in [0, 0.05) is 37.2 Å². The van der Waals surface area contributed by atoms with E-state index in [1.165, 1.54) is 18.2 Å². The van der Waals surface area contributed by atoms with Gasteiger partial charge in [-0.2, -0.15) is 0 Å². The lowest BCUT2D eigenvalue weighted by atomic mass is 9.85. The van der Waals surface area contributed by atoms with E-state index in [-0.39, 0.29) is 48.9 Å². The Balaban J connectivity index is 1.50. The van der Waals surface area contributed by atoms with Gasteiger partial charge >= 0.3 is 11.9 Å².